The monoisotopic (exact) mass is 290 g/mol. The number of halogens is 2. The van der Waals surface area contributed by atoms with Crippen molar-refractivity contribution in [3.8, 4) is 0 Å². The third-order valence-corrected chi connectivity index (χ3v) is 2.58. The zero-order valence-electron chi connectivity index (χ0n) is 7.06. The van der Waals surface area contributed by atoms with Crippen LogP contribution in [0.3, 0.4) is 0 Å². The van der Waals surface area contributed by atoms with Gasteiger partial charge in [0.05, 0.1) is 4.32 Å². The molecular formula is C10H12Br2. The molecule has 1 aliphatic carbocycles. The van der Waals surface area contributed by atoms with Crippen molar-refractivity contribution in [2.45, 2.75) is 17.7 Å². The van der Waals surface area contributed by atoms with Crippen LogP contribution < -0.4 is 0 Å². The molecule has 0 saturated heterocycles. The molecule has 0 bridgehead atoms. The van der Waals surface area contributed by atoms with Gasteiger partial charge in [0.15, 0.2) is 0 Å². The molecule has 0 aromatic carbocycles. The lowest BCUT2D eigenvalue weighted by molar-refractivity contribution is 1.01. The molecule has 0 N–H and O–H groups in total. The van der Waals surface area contributed by atoms with E-state index in [4.69, 9.17) is 0 Å². The van der Waals surface area contributed by atoms with Gasteiger partial charge >= 0.3 is 0 Å². The summed E-state index contributed by atoms with van der Waals surface area (Å²) in [5.41, 5.74) is 1.37. The second-order valence-corrected chi connectivity index (χ2v) is 5.53. The number of hydrogen-bond donors (Lipinski definition) is 0. The first-order chi connectivity index (χ1) is 5.64. The molecule has 0 amide bonds. The molecule has 0 radical (unpaired) electrons. The summed E-state index contributed by atoms with van der Waals surface area (Å²) >= 11 is 7.07. The molecule has 0 saturated carbocycles. The maximum atomic E-state index is 3.63. The molecule has 1 rings (SSSR count). The quantitative estimate of drug-likeness (QED) is 0.675. The van der Waals surface area contributed by atoms with Crippen molar-refractivity contribution in [2.75, 3.05) is 5.33 Å². The predicted molar refractivity (Wildman–Crippen MR) is 62.1 cm³/mol. The van der Waals surface area contributed by atoms with Gasteiger partial charge in [-0.3, -0.25) is 0 Å². The highest BCUT2D eigenvalue weighted by molar-refractivity contribution is 9.10. The molecule has 66 valence electrons. The van der Waals surface area contributed by atoms with Crippen LogP contribution in [0.15, 0.2) is 36.0 Å². The maximum Gasteiger partial charge on any atom is 0.0597 e. The highest BCUT2D eigenvalue weighted by Gasteiger charge is 2.13. The van der Waals surface area contributed by atoms with Gasteiger partial charge in [-0.1, -0.05) is 62.2 Å². The Hall–Kier alpha value is 0.180. The molecule has 1 atom stereocenters. The molecule has 0 heterocycles. The normalized spacial score (nSPS) is 28.4. The molecular weight excluding hydrogens is 280 g/mol. The Morgan fingerprint density at radius 1 is 1.42 bits per heavy atom. The summed E-state index contributed by atoms with van der Waals surface area (Å²) in [5.74, 6) is 0. The number of rotatable bonds is 2. The second-order valence-electron chi connectivity index (χ2n) is 3.03. The van der Waals surface area contributed by atoms with Crippen molar-refractivity contribution in [1.29, 1.82) is 0 Å². The van der Waals surface area contributed by atoms with E-state index in [0.29, 0.717) is 0 Å². The van der Waals surface area contributed by atoms with Gasteiger partial charge in [-0.15, -0.1) is 0 Å². The van der Waals surface area contributed by atoms with Gasteiger partial charge in [0.25, 0.3) is 0 Å². The van der Waals surface area contributed by atoms with Gasteiger partial charge in [-0.05, 0) is 18.9 Å². The van der Waals surface area contributed by atoms with Crippen molar-refractivity contribution < 1.29 is 0 Å². The van der Waals surface area contributed by atoms with Gasteiger partial charge < -0.3 is 0 Å². The first-order valence-electron chi connectivity index (χ1n) is 3.96. The van der Waals surface area contributed by atoms with E-state index in [0.717, 1.165) is 11.8 Å². The molecule has 1 unspecified atom stereocenters. The number of allylic oxidation sites excluding steroid dienone is 6. The van der Waals surface area contributed by atoms with Crippen molar-refractivity contribution in [3.63, 3.8) is 0 Å². The smallest absolute Gasteiger partial charge is 0.0597 e. The van der Waals surface area contributed by atoms with Crippen molar-refractivity contribution in [3.05, 3.63) is 36.0 Å². The molecule has 1 aliphatic rings. The van der Waals surface area contributed by atoms with Gasteiger partial charge in [0.1, 0.15) is 0 Å². The van der Waals surface area contributed by atoms with Gasteiger partial charge in [0.2, 0.25) is 0 Å². The van der Waals surface area contributed by atoms with Crippen molar-refractivity contribution >= 4 is 31.9 Å². The van der Waals surface area contributed by atoms with E-state index in [1.54, 1.807) is 0 Å². The SMILES string of the molecule is CC1(Br)C=CC=CC(CCBr)=C1. The van der Waals surface area contributed by atoms with Gasteiger partial charge in [-0.25, -0.2) is 0 Å². The van der Waals surface area contributed by atoms with E-state index < -0.39 is 0 Å². The van der Waals surface area contributed by atoms with E-state index in [9.17, 15) is 0 Å². The minimum Gasteiger partial charge on any atom is -0.0924 e. The van der Waals surface area contributed by atoms with Gasteiger partial charge in [0, 0.05) is 5.33 Å². The minimum absolute atomic E-state index is 0.0218. The Labute approximate surface area is 90.7 Å². The van der Waals surface area contributed by atoms with Gasteiger partial charge in [-0.2, -0.15) is 0 Å². The standard InChI is InChI=1S/C10H12Br2/c1-10(12)6-3-2-4-9(8-10)5-7-11/h2-4,6,8H,5,7H2,1H3. The second kappa shape index (κ2) is 4.43. The summed E-state index contributed by atoms with van der Waals surface area (Å²) in [6.07, 6.45) is 11.8. The highest BCUT2D eigenvalue weighted by Crippen LogP contribution is 2.26. The lowest BCUT2D eigenvalue weighted by atomic mass is 10.1. The topological polar surface area (TPSA) is 0 Å². The van der Waals surface area contributed by atoms with Crippen LogP contribution in [0.1, 0.15) is 13.3 Å². The Morgan fingerprint density at radius 2 is 2.17 bits per heavy atom. The van der Waals surface area contributed by atoms with Crippen LogP contribution in [0.25, 0.3) is 0 Å². The average Bonchev–Trinajstić information content (AvgIpc) is 2.11. The Kier molecular flexibility index (Phi) is 3.78. The van der Waals surface area contributed by atoms with E-state index in [1.165, 1.54) is 5.57 Å². The van der Waals surface area contributed by atoms with E-state index in [1.807, 2.05) is 0 Å². The van der Waals surface area contributed by atoms with Crippen LogP contribution in [0.5, 0.6) is 0 Å². The fourth-order valence-corrected chi connectivity index (χ4v) is 2.05. The van der Waals surface area contributed by atoms with E-state index >= 15 is 0 Å². The largest absolute Gasteiger partial charge is 0.0924 e. The molecule has 2 heteroatoms. The molecule has 0 aromatic rings. The van der Waals surface area contributed by atoms with Crippen LogP contribution in [0.2, 0.25) is 0 Å². The fourth-order valence-electron chi connectivity index (χ4n) is 1.15. The van der Waals surface area contributed by atoms with Crippen LogP contribution in [-0.4, -0.2) is 9.65 Å². The third kappa shape index (κ3) is 3.28. The van der Waals surface area contributed by atoms with Crippen molar-refractivity contribution in [1.82, 2.24) is 0 Å². The summed E-state index contributed by atoms with van der Waals surface area (Å²) in [6, 6.07) is 0. The summed E-state index contributed by atoms with van der Waals surface area (Å²) < 4.78 is 0.0218. The molecule has 0 aromatic heterocycles. The minimum atomic E-state index is 0.0218. The maximum absolute atomic E-state index is 3.63. The zero-order valence-corrected chi connectivity index (χ0v) is 10.2. The summed E-state index contributed by atoms with van der Waals surface area (Å²) in [5, 5.41) is 1.02. The first kappa shape index (κ1) is 10.3. The van der Waals surface area contributed by atoms with E-state index in [-0.39, 0.29) is 4.32 Å². The Morgan fingerprint density at radius 3 is 2.83 bits per heavy atom. The fraction of sp³-hybridized carbons (Fsp3) is 0.400. The molecule has 0 spiro atoms. The Balaban J connectivity index is 2.80. The number of alkyl halides is 2. The summed E-state index contributed by atoms with van der Waals surface area (Å²) in [7, 11) is 0. The molecule has 0 fully saturated rings. The zero-order chi connectivity index (χ0) is 9.03. The van der Waals surface area contributed by atoms with Crippen LogP contribution >= 0.6 is 31.9 Å². The summed E-state index contributed by atoms with van der Waals surface area (Å²) in [4.78, 5) is 0. The Bertz CT molecular complexity index is 234. The van der Waals surface area contributed by atoms with Crippen molar-refractivity contribution in [2.24, 2.45) is 0 Å². The summed E-state index contributed by atoms with van der Waals surface area (Å²) in [6.45, 7) is 2.14. The number of hydrogen-bond acceptors (Lipinski definition) is 0. The lowest BCUT2D eigenvalue weighted by Gasteiger charge is -2.12. The molecule has 0 nitrogen and oxygen atoms in total. The average molecular weight is 292 g/mol. The predicted octanol–water partition coefficient (Wildman–Crippen LogP) is 3.98. The van der Waals surface area contributed by atoms with Crippen LogP contribution in [0, 0.1) is 0 Å². The highest BCUT2D eigenvalue weighted by atomic mass is 79.9. The third-order valence-electron chi connectivity index (χ3n) is 1.69. The van der Waals surface area contributed by atoms with Crippen LogP contribution in [0.4, 0.5) is 0 Å². The van der Waals surface area contributed by atoms with Crippen LogP contribution in [-0.2, 0) is 0 Å². The lowest BCUT2D eigenvalue weighted by Crippen LogP contribution is -2.06. The van der Waals surface area contributed by atoms with E-state index in [2.05, 4.69) is 69.2 Å². The molecule has 0 aliphatic heterocycles. The molecule has 12 heavy (non-hydrogen) atoms. The first-order valence-corrected chi connectivity index (χ1v) is 5.88.